The van der Waals surface area contributed by atoms with Crippen molar-refractivity contribution in [2.24, 2.45) is 22.2 Å². The van der Waals surface area contributed by atoms with E-state index in [1.807, 2.05) is 76.4 Å². The Hall–Kier alpha value is -4.85. The van der Waals surface area contributed by atoms with Crippen LogP contribution in [0.3, 0.4) is 0 Å². The van der Waals surface area contributed by atoms with Gasteiger partial charge in [0.15, 0.2) is 5.84 Å². The molecule has 2 aliphatic rings. The topological polar surface area (TPSA) is 172 Å². The number of carboxylic acid groups (broad SMARTS) is 1. The number of hydrogen-bond donors (Lipinski definition) is 4. The minimum absolute atomic E-state index is 0.0978. The minimum Gasteiger partial charge on any atom is -0.512 e. The van der Waals surface area contributed by atoms with Crippen LogP contribution in [-0.2, 0) is 31.0 Å². The van der Waals surface area contributed by atoms with Crippen LogP contribution >= 0.6 is 0 Å². The Balaban J connectivity index is 2.08. The summed E-state index contributed by atoms with van der Waals surface area (Å²) in [4.78, 5) is 15.4. The highest BCUT2D eigenvalue weighted by Crippen LogP contribution is 2.52. The number of aliphatic carboxylic acids is 1. The molecule has 0 bridgehead atoms. The highest BCUT2D eigenvalue weighted by atomic mass is 32.2. The number of hydrogen-bond acceptors (Lipinski definition) is 8. The van der Waals surface area contributed by atoms with E-state index in [2.05, 4.69) is 39.6 Å². The standard InChI is InChI=1S/C44H58N4O7S2/c1-31(13-9-15-33(3)27-40(45)47-55-56-52)19-21-38-37(36-17-12-26-46-30-36)18-11-24-43(38,5)29-35-23-25-44(6,48(7)57(8,53)54)39(42(35)51)22-20-32(2)14-10-16-34(4)28-41(49)50/h9-10,12-17,19-22,26-28,30,35,51,56H,11,18,23-25,29H2,1-8H3,(H2,45,47)(H,49,50)/b15-9+,16-10+,21-19+,22-20+,31-13+,32-14+,33-27+,34-28+/t35?,43?,44-/m1/s1. The van der Waals surface area contributed by atoms with Crippen molar-refractivity contribution in [2.75, 3.05) is 13.3 Å². The highest BCUT2D eigenvalue weighted by Gasteiger charge is 2.46. The third-order valence-electron chi connectivity index (χ3n) is 10.6. The van der Waals surface area contributed by atoms with Gasteiger partial charge in [-0.3, -0.25) is 9.27 Å². The van der Waals surface area contributed by atoms with Gasteiger partial charge in [0.25, 0.3) is 0 Å². The number of aliphatic hydroxyl groups excluding tert-OH is 1. The number of nitrogens with two attached hydrogens (primary N) is 1. The molecule has 11 nitrogen and oxygen atoms in total. The lowest BCUT2D eigenvalue weighted by molar-refractivity contribution is -0.131. The smallest absolute Gasteiger partial charge is 0.328 e. The zero-order valence-corrected chi connectivity index (χ0v) is 36.0. The van der Waals surface area contributed by atoms with Gasteiger partial charge in [0.2, 0.25) is 22.0 Å². The lowest BCUT2D eigenvalue weighted by atomic mass is 9.63. The molecule has 0 radical (unpaired) electrons. The monoisotopic (exact) mass is 818 g/mol. The van der Waals surface area contributed by atoms with Gasteiger partial charge in [-0.15, -0.1) is 0 Å². The van der Waals surface area contributed by atoms with Gasteiger partial charge in [-0.1, -0.05) is 90.1 Å². The fourth-order valence-corrected chi connectivity index (χ4v) is 8.47. The van der Waals surface area contributed by atoms with Gasteiger partial charge in [-0.05, 0) is 119 Å². The maximum absolute atomic E-state index is 12.9. The molecule has 0 spiro atoms. The summed E-state index contributed by atoms with van der Waals surface area (Å²) in [5, 5.41) is 24.7. The van der Waals surface area contributed by atoms with Crippen molar-refractivity contribution in [3.8, 4) is 0 Å². The number of pyridine rings is 1. The van der Waals surface area contributed by atoms with E-state index in [9.17, 15) is 22.5 Å². The van der Waals surface area contributed by atoms with E-state index in [1.165, 1.54) is 21.7 Å². The van der Waals surface area contributed by atoms with Crippen LogP contribution in [0.25, 0.3) is 5.57 Å². The summed E-state index contributed by atoms with van der Waals surface area (Å²) in [6.07, 6.45) is 31.1. The SMILES string of the molecule is CC(/C=C/C1=C(c2cccnc2)CCCC1(C)CC1CC[C@@](C)(N(C)S(C)(=O)=O)C(/C=C/C(C)=C/C=C/C(C)=C/C(=O)O)=C1O)=C\C=C\C(C)=C\C(N)=N\O[SH]=O. The predicted molar refractivity (Wildman–Crippen MR) is 233 cm³/mol. The number of allylic oxidation sites excluding steroid dienone is 16. The first-order chi connectivity index (χ1) is 26.8. The minimum atomic E-state index is -3.62. The Morgan fingerprint density at radius 1 is 1.02 bits per heavy atom. The van der Waals surface area contributed by atoms with Crippen LogP contribution in [0.5, 0.6) is 0 Å². The van der Waals surface area contributed by atoms with Gasteiger partial charge < -0.3 is 15.9 Å². The van der Waals surface area contributed by atoms with Crippen molar-refractivity contribution < 1.29 is 31.9 Å². The number of nitrogens with zero attached hydrogens (tertiary/aromatic N) is 3. The van der Waals surface area contributed by atoms with E-state index in [-0.39, 0.29) is 22.9 Å². The molecule has 2 unspecified atom stereocenters. The van der Waals surface area contributed by atoms with Gasteiger partial charge >= 0.3 is 5.97 Å². The summed E-state index contributed by atoms with van der Waals surface area (Å²) < 4.78 is 42.2. The number of amidine groups is 1. The number of carboxylic acids is 1. The second-order valence-electron chi connectivity index (χ2n) is 15.3. The van der Waals surface area contributed by atoms with Crippen molar-refractivity contribution in [1.82, 2.24) is 9.29 Å². The van der Waals surface area contributed by atoms with Crippen LogP contribution in [0.1, 0.15) is 85.6 Å². The van der Waals surface area contributed by atoms with Gasteiger partial charge in [0.05, 0.1) is 11.8 Å². The van der Waals surface area contributed by atoms with Gasteiger partial charge in [-0.25, -0.2) is 17.4 Å². The molecule has 0 aromatic carbocycles. The first-order valence-electron chi connectivity index (χ1n) is 18.8. The van der Waals surface area contributed by atoms with Crippen LogP contribution in [0.15, 0.2) is 142 Å². The molecule has 0 saturated heterocycles. The number of carbonyl (C=O) groups is 1. The van der Waals surface area contributed by atoms with E-state index in [0.717, 1.165) is 47.6 Å². The van der Waals surface area contributed by atoms with E-state index in [1.54, 1.807) is 38.4 Å². The molecule has 1 aromatic rings. The van der Waals surface area contributed by atoms with Crippen molar-refractivity contribution in [2.45, 2.75) is 85.6 Å². The van der Waals surface area contributed by atoms with Crippen molar-refractivity contribution in [1.29, 1.82) is 0 Å². The van der Waals surface area contributed by atoms with E-state index in [0.29, 0.717) is 30.4 Å². The lowest BCUT2D eigenvalue weighted by Crippen LogP contribution is -2.50. The maximum Gasteiger partial charge on any atom is 0.328 e. The highest BCUT2D eigenvalue weighted by molar-refractivity contribution is 7.88. The molecule has 2 aliphatic carbocycles. The van der Waals surface area contributed by atoms with Crippen molar-refractivity contribution in [3.05, 3.63) is 142 Å². The summed E-state index contributed by atoms with van der Waals surface area (Å²) >= 11 is -0.579. The summed E-state index contributed by atoms with van der Waals surface area (Å²) in [7, 11) is -2.06. The Labute approximate surface area is 342 Å². The molecular formula is C44H58N4O7S2. The number of aliphatic hydroxyl groups is 1. The molecule has 308 valence electrons. The largest absolute Gasteiger partial charge is 0.512 e. The first-order valence-corrected chi connectivity index (χ1v) is 21.4. The molecular weight excluding hydrogens is 761 g/mol. The number of oxime groups is 1. The molecule has 0 fully saturated rings. The van der Waals surface area contributed by atoms with E-state index >= 15 is 0 Å². The normalized spacial score (nSPS) is 23.9. The van der Waals surface area contributed by atoms with Crippen LogP contribution in [0, 0.1) is 11.3 Å². The lowest BCUT2D eigenvalue weighted by Gasteiger charge is -2.46. The van der Waals surface area contributed by atoms with Crippen molar-refractivity contribution >= 4 is 39.3 Å². The third-order valence-corrected chi connectivity index (χ3v) is 12.2. The molecule has 57 heavy (non-hydrogen) atoms. The van der Waals surface area contributed by atoms with Crippen LogP contribution in [0.2, 0.25) is 0 Å². The van der Waals surface area contributed by atoms with Crippen LogP contribution < -0.4 is 5.73 Å². The number of aromatic nitrogens is 1. The fourth-order valence-electron chi connectivity index (χ4n) is 7.43. The quantitative estimate of drug-likeness (QED) is 0.0300. The Morgan fingerprint density at radius 2 is 1.63 bits per heavy atom. The van der Waals surface area contributed by atoms with Gasteiger partial charge in [0, 0.05) is 37.0 Å². The second kappa shape index (κ2) is 21.1. The Kier molecular flexibility index (Phi) is 17.2. The number of likely N-dealkylation sites (N-methyl/N-ethyl adjacent to an activating group) is 1. The van der Waals surface area contributed by atoms with E-state index < -0.39 is 33.5 Å². The molecule has 0 amide bonds. The Bertz CT molecular complexity index is 2100. The van der Waals surface area contributed by atoms with Crippen LogP contribution in [-0.4, -0.2) is 62.8 Å². The van der Waals surface area contributed by atoms with Crippen molar-refractivity contribution in [3.63, 3.8) is 0 Å². The first kappa shape index (κ1) is 46.5. The molecule has 13 heteroatoms. The molecule has 1 aromatic heterocycles. The number of thiol groups is 1. The number of sulfonamides is 1. The van der Waals surface area contributed by atoms with Gasteiger partial charge in [0.1, 0.15) is 5.76 Å². The average molecular weight is 819 g/mol. The van der Waals surface area contributed by atoms with Crippen LogP contribution in [0.4, 0.5) is 0 Å². The predicted octanol–water partition coefficient (Wildman–Crippen LogP) is 8.53. The second-order valence-corrected chi connectivity index (χ2v) is 17.6. The molecule has 4 N–H and O–H groups in total. The Morgan fingerprint density at radius 3 is 2.19 bits per heavy atom. The zero-order chi connectivity index (χ0) is 42.4. The van der Waals surface area contributed by atoms with Gasteiger partial charge in [-0.2, -0.15) is 4.31 Å². The van der Waals surface area contributed by atoms with E-state index in [4.69, 9.17) is 10.8 Å². The summed E-state index contributed by atoms with van der Waals surface area (Å²) in [6, 6.07) is 4.03. The number of rotatable bonds is 17. The molecule has 1 heterocycles. The molecule has 0 aliphatic heterocycles. The summed E-state index contributed by atoms with van der Waals surface area (Å²) in [5.74, 6) is -0.967. The molecule has 3 rings (SSSR count). The molecule has 0 saturated carbocycles. The fraction of sp³-hybridized carbons (Fsp3) is 0.386. The zero-order valence-electron chi connectivity index (χ0n) is 34.3. The summed E-state index contributed by atoms with van der Waals surface area (Å²) in [5.41, 5.74) is 11.7. The third kappa shape index (κ3) is 13.6. The maximum atomic E-state index is 12.9. The molecule has 3 atom stereocenters. The summed E-state index contributed by atoms with van der Waals surface area (Å²) in [6.45, 7) is 11.6. The average Bonchev–Trinajstić information content (AvgIpc) is 3.13.